The number of hydrogen-bond donors (Lipinski definition) is 3. The molecule has 0 spiro atoms. The molecule has 1 aliphatic rings. The van der Waals surface area contributed by atoms with Gasteiger partial charge < -0.3 is 22.1 Å². The summed E-state index contributed by atoms with van der Waals surface area (Å²) in [6, 6.07) is 6.56. The summed E-state index contributed by atoms with van der Waals surface area (Å²) in [6.45, 7) is 1.09. The van der Waals surface area contributed by atoms with E-state index in [4.69, 9.17) is 11.5 Å². The number of guanidine groups is 1. The van der Waals surface area contributed by atoms with Crippen LogP contribution in [0.2, 0.25) is 0 Å². The van der Waals surface area contributed by atoms with Gasteiger partial charge in [-0.15, -0.1) is 17.9 Å². The fraction of sp³-hybridized carbons (Fsp3) is 0.412. The predicted molar refractivity (Wildman–Crippen MR) is 102 cm³/mol. The summed E-state index contributed by atoms with van der Waals surface area (Å²) in [5, 5.41) is 7.33. The Kier molecular flexibility index (Phi) is 8.61. The van der Waals surface area contributed by atoms with Crippen molar-refractivity contribution >= 4 is 39.2 Å². The molecular formula is C17H21AcN6O2S-. The van der Waals surface area contributed by atoms with E-state index in [1.807, 2.05) is 24.3 Å². The number of fused-ring (bicyclic) bond motifs is 1. The van der Waals surface area contributed by atoms with Gasteiger partial charge in [0.1, 0.15) is 0 Å². The molecule has 0 saturated carbocycles. The summed E-state index contributed by atoms with van der Waals surface area (Å²) >= 11 is 1.33. The molecule has 1 aromatic heterocycles. The molecule has 1 aromatic carbocycles. The first-order valence-corrected chi connectivity index (χ1v) is 9.28. The van der Waals surface area contributed by atoms with Crippen molar-refractivity contribution in [1.82, 2.24) is 10.3 Å². The van der Waals surface area contributed by atoms with Gasteiger partial charge >= 0.3 is 0 Å². The van der Waals surface area contributed by atoms with Gasteiger partial charge in [0.15, 0.2) is 11.0 Å². The molecule has 141 valence electrons. The summed E-state index contributed by atoms with van der Waals surface area (Å²) < 4.78 is 0.940. The van der Waals surface area contributed by atoms with Crippen molar-refractivity contribution in [3.8, 4) is 0 Å². The van der Waals surface area contributed by atoms with E-state index < -0.39 is 6.04 Å². The molecule has 5 N–H and O–H groups in total. The molecule has 0 aliphatic carbocycles. The fourth-order valence-electron chi connectivity index (χ4n) is 2.64. The van der Waals surface area contributed by atoms with Gasteiger partial charge in [-0.3, -0.25) is 14.6 Å². The van der Waals surface area contributed by atoms with Crippen LogP contribution in [0.5, 0.6) is 0 Å². The van der Waals surface area contributed by atoms with Crippen molar-refractivity contribution in [2.45, 2.75) is 31.3 Å². The van der Waals surface area contributed by atoms with Gasteiger partial charge in [0.05, 0.1) is 16.3 Å². The number of para-hydroxylation sites is 1. The molecule has 8 nitrogen and oxygen atoms in total. The molecule has 1 amide bonds. The summed E-state index contributed by atoms with van der Waals surface area (Å²) in [5.74, 6) is -0.391. The molecule has 1 radical (unpaired) electrons. The standard InChI is InChI=1S/C17H21N6O2S.Ac/c18-17(19)21-8-3-5-11(22-15(25)12-7-9-20-12)14(24)16-23-10-4-1-2-6-13(10)26-16;/h1-2,4,6,11-12H,3,5,7-9H2,(H,22,25)(H4,18,19,21);/q-1;. The van der Waals surface area contributed by atoms with Crippen LogP contribution in [0.4, 0.5) is 0 Å². The van der Waals surface area contributed by atoms with Crippen LogP contribution < -0.4 is 16.8 Å². The number of benzene rings is 1. The Hall–Kier alpha value is -1.08. The van der Waals surface area contributed by atoms with Crippen molar-refractivity contribution in [2.24, 2.45) is 16.5 Å². The first kappa shape index (κ1) is 22.2. The predicted octanol–water partition coefficient (Wildman–Crippen LogP) is 1.16. The third-order valence-corrected chi connectivity index (χ3v) is 5.19. The number of rotatable bonds is 8. The van der Waals surface area contributed by atoms with Crippen LogP contribution in [-0.4, -0.2) is 47.8 Å². The normalized spacial score (nSPS) is 16.7. The Morgan fingerprint density at radius 1 is 1.37 bits per heavy atom. The van der Waals surface area contributed by atoms with Gasteiger partial charge in [-0.2, -0.15) is 0 Å². The Balaban J connectivity index is 0.00000261. The smallest absolute Gasteiger partial charge is 0.213 e. The number of Topliss-reactive ketones (excluding diaryl/α,β-unsaturated/α-hetero) is 1. The number of aliphatic imine (C=N–C) groups is 1. The second-order valence-corrected chi connectivity index (χ2v) is 7.10. The summed E-state index contributed by atoms with van der Waals surface area (Å²) in [6.07, 6.45) is 1.73. The molecule has 0 bridgehead atoms. The average molecular weight is 600 g/mol. The average Bonchev–Trinajstić information content (AvgIpc) is 2.99. The quantitative estimate of drug-likeness (QED) is 0.181. The third kappa shape index (κ3) is 5.95. The van der Waals surface area contributed by atoms with Gasteiger partial charge in [0.2, 0.25) is 11.7 Å². The van der Waals surface area contributed by atoms with Crippen LogP contribution >= 0.6 is 11.3 Å². The Morgan fingerprint density at radius 2 is 2.11 bits per heavy atom. The van der Waals surface area contributed by atoms with Gasteiger partial charge in [-0.05, 0) is 25.0 Å². The van der Waals surface area contributed by atoms with Crippen molar-refractivity contribution in [2.75, 3.05) is 13.1 Å². The number of thiazole rings is 1. The Morgan fingerprint density at radius 3 is 2.74 bits per heavy atom. The van der Waals surface area contributed by atoms with E-state index in [9.17, 15) is 9.59 Å². The van der Waals surface area contributed by atoms with Crippen LogP contribution in [0.15, 0.2) is 29.3 Å². The Bertz CT molecular complexity index is 799. The van der Waals surface area contributed by atoms with Crippen LogP contribution in [0.3, 0.4) is 0 Å². The van der Waals surface area contributed by atoms with Crippen LogP contribution in [-0.2, 0) is 4.79 Å². The van der Waals surface area contributed by atoms with E-state index in [1.54, 1.807) is 0 Å². The van der Waals surface area contributed by atoms with Crippen LogP contribution in [0, 0.1) is 44.1 Å². The second-order valence-electron chi connectivity index (χ2n) is 6.07. The monoisotopic (exact) mass is 600 g/mol. The molecule has 27 heavy (non-hydrogen) atoms. The fourth-order valence-corrected chi connectivity index (χ4v) is 3.60. The van der Waals surface area contributed by atoms with Crippen LogP contribution in [0.25, 0.3) is 15.5 Å². The van der Waals surface area contributed by atoms with Gasteiger partial charge in [-0.25, -0.2) is 4.98 Å². The number of carbonyl (C=O) groups excluding carboxylic acids is 2. The molecule has 3 rings (SSSR count). The number of nitrogens with zero attached hydrogens (tertiary/aromatic N) is 3. The van der Waals surface area contributed by atoms with E-state index in [-0.39, 0.29) is 67.8 Å². The number of hydrogen-bond acceptors (Lipinski definition) is 5. The zero-order valence-corrected chi connectivity index (χ0v) is 20.4. The molecule has 1 aliphatic heterocycles. The van der Waals surface area contributed by atoms with Gasteiger partial charge in [0.25, 0.3) is 0 Å². The zero-order valence-electron chi connectivity index (χ0n) is 14.8. The number of ketones is 1. The molecular weight excluding hydrogens is 579 g/mol. The minimum Gasteiger partial charge on any atom is -0.652 e. The number of amides is 1. The second kappa shape index (κ2) is 10.5. The van der Waals surface area contributed by atoms with Gasteiger partial charge in [-0.1, -0.05) is 24.6 Å². The maximum Gasteiger partial charge on any atom is 0.213 e. The maximum absolute atomic E-state index is 12.9. The van der Waals surface area contributed by atoms with E-state index in [1.165, 1.54) is 11.3 Å². The minimum atomic E-state index is -0.659. The number of nitrogens with two attached hydrogens (primary N) is 2. The molecule has 2 aromatic rings. The third-order valence-electron chi connectivity index (χ3n) is 4.14. The number of nitrogens with one attached hydrogen (secondary N) is 1. The number of aromatic nitrogens is 1. The van der Waals surface area contributed by atoms with Crippen molar-refractivity contribution < 1.29 is 53.7 Å². The Labute approximate surface area is 197 Å². The maximum atomic E-state index is 12.9. The van der Waals surface area contributed by atoms with Crippen molar-refractivity contribution in [3.63, 3.8) is 0 Å². The van der Waals surface area contributed by atoms with Crippen molar-refractivity contribution in [3.05, 3.63) is 34.6 Å². The minimum absolute atomic E-state index is 0. The van der Waals surface area contributed by atoms with E-state index in [2.05, 4.69) is 20.6 Å². The summed E-state index contributed by atoms with van der Waals surface area (Å²) in [7, 11) is 0. The van der Waals surface area contributed by atoms with Gasteiger partial charge in [0, 0.05) is 50.6 Å². The van der Waals surface area contributed by atoms with Crippen LogP contribution in [0.1, 0.15) is 29.1 Å². The topological polar surface area (TPSA) is 138 Å². The molecule has 2 unspecified atom stereocenters. The summed E-state index contributed by atoms with van der Waals surface area (Å²) in [5.41, 5.74) is 11.4. The summed E-state index contributed by atoms with van der Waals surface area (Å²) in [4.78, 5) is 33.5. The first-order chi connectivity index (χ1) is 12.5. The number of carbonyl (C=O) groups is 2. The van der Waals surface area contributed by atoms with Crippen molar-refractivity contribution in [1.29, 1.82) is 0 Å². The SMILES string of the molecule is NC(N)=NCCCC(NC(=O)C1CC[N-]1)C(=O)c1nc2ccccc2s1.[Ac]. The molecule has 1 fully saturated rings. The largest absolute Gasteiger partial charge is 0.652 e. The van der Waals surface area contributed by atoms with E-state index >= 15 is 0 Å². The molecule has 10 heteroatoms. The molecule has 1 saturated heterocycles. The zero-order chi connectivity index (χ0) is 18.5. The molecule has 2 heterocycles. The van der Waals surface area contributed by atoms with E-state index in [0.717, 1.165) is 16.6 Å². The molecule has 2 atom stereocenters. The van der Waals surface area contributed by atoms with E-state index in [0.29, 0.717) is 30.9 Å². The first-order valence-electron chi connectivity index (χ1n) is 8.47.